The number of nitrogens with one attached hydrogen (secondary N) is 1. The van der Waals surface area contributed by atoms with E-state index < -0.39 is 5.97 Å². The molecule has 0 spiro atoms. The average Bonchev–Trinajstić information content (AvgIpc) is 3.18. The number of esters is 1. The van der Waals surface area contributed by atoms with E-state index in [1.54, 1.807) is 11.8 Å². The zero-order chi connectivity index (χ0) is 22.4. The van der Waals surface area contributed by atoms with Crippen LogP contribution >= 0.6 is 12.2 Å². The minimum atomic E-state index is -0.527. The molecule has 1 heterocycles. The zero-order valence-corrected chi connectivity index (χ0v) is 18.4. The number of hydrogen-bond acceptors (Lipinski definition) is 8. The molecule has 0 aliphatic rings. The van der Waals surface area contributed by atoms with Gasteiger partial charge in [-0.05, 0) is 48.6 Å². The van der Waals surface area contributed by atoms with Gasteiger partial charge in [0.05, 0.1) is 40.5 Å². The number of carbonyl (C=O) groups excluding carboxylic acids is 1. The Morgan fingerprint density at radius 2 is 1.65 bits per heavy atom. The molecule has 164 valence electrons. The molecule has 31 heavy (non-hydrogen) atoms. The van der Waals surface area contributed by atoms with Gasteiger partial charge in [-0.1, -0.05) is 0 Å². The fourth-order valence-corrected chi connectivity index (χ4v) is 3.13. The fraction of sp³-hybridized carbons (Fsp3) is 0.286. The summed E-state index contributed by atoms with van der Waals surface area (Å²) in [5.41, 5.74) is 1.14. The molecule has 3 rings (SSSR count). The van der Waals surface area contributed by atoms with Crippen LogP contribution in [0.25, 0.3) is 11.4 Å². The highest BCUT2D eigenvalue weighted by atomic mass is 32.1. The highest BCUT2D eigenvalue weighted by Gasteiger charge is 2.18. The first kappa shape index (κ1) is 22.2. The van der Waals surface area contributed by atoms with Gasteiger partial charge in [-0.15, -0.1) is 0 Å². The standard InChI is InChI=1S/C21H23N3O6S/c1-26-15-7-5-13(6-8-15)19-22-21(31)24(23-19)9-10-30-20(25)14-11-16(27-2)18(29-4)17(12-14)28-3/h5-8,11-12H,9-10H2,1-4H3,(H,22,23,31). The van der Waals surface area contributed by atoms with Crippen LogP contribution in [-0.2, 0) is 11.3 Å². The number of ether oxygens (including phenoxy) is 5. The summed E-state index contributed by atoms with van der Waals surface area (Å²) >= 11 is 5.30. The molecule has 0 saturated carbocycles. The molecule has 0 atom stereocenters. The summed E-state index contributed by atoms with van der Waals surface area (Å²) in [6, 6.07) is 10.5. The van der Waals surface area contributed by atoms with E-state index in [4.69, 9.17) is 35.9 Å². The third-order valence-corrected chi connectivity index (χ3v) is 4.80. The van der Waals surface area contributed by atoms with E-state index in [1.165, 1.54) is 33.5 Å². The number of aromatic amines is 1. The number of hydrogen-bond donors (Lipinski definition) is 1. The van der Waals surface area contributed by atoms with Crippen LogP contribution in [-0.4, -0.2) is 55.8 Å². The predicted octanol–water partition coefficient (Wildman–Crippen LogP) is 3.50. The maximum Gasteiger partial charge on any atom is 0.338 e. The monoisotopic (exact) mass is 445 g/mol. The van der Waals surface area contributed by atoms with Crippen LogP contribution < -0.4 is 18.9 Å². The van der Waals surface area contributed by atoms with Crippen molar-refractivity contribution in [2.45, 2.75) is 6.54 Å². The lowest BCUT2D eigenvalue weighted by Gasteiger charge is -2.13. The van der Waals surface area contributed by atoms with Gasteiger partial charge in [0.2, 0.25) is 10.5 Å². The third kappa shape index (κ3) is 4.97. The van der Waals surface area contributed by atoms with Crippen molar-refractivity contribution in [3.8, 4) is 34.4 Å². The van der Waals surface area contributed by atoms with Gasteiger partial charge in [0.1, 0.15) is 12.4 Å². The smallest absolute Gasteiger partial charge is 0.338 e. The fourth-order valence-electron chi connectivity index (χ4n) is 2.90. The summed E-state index contributed by atoms with van der Waals surface area (Å²) in [6.45, 7) is 0.409. The molecule has 3 aromatic rings. The maximum atomic E-state index is 12.5. The minimum absolute atomic E-state index is 0.0913. The lowest BCUT2D eigenvalue weighted by Crippen LogP contribution is -2.13. The molecule has 0 bridgehead atoms. The molecule has 2 aromatic carbocycles. The average molecular weight is 445 g/mol. The van der Waals surface area contributed by atoms with Crippen LogP contribution in [0.2, 0.25) is 0 Å². The van der Waals surface area contributed by atoms with Crippen molar-refractivity contribution >= 4 is 18.2 Å². The normalized spacial score (nSPS) is 10.5. The van der Waals surface area contributed by atoms with E-state index in [1.807, 2.05) is 24.3 Å². The Kier molecular flexibility index (Phi) is 7.14. The minimum Gasteiger partial charge on any atom is -0.497 e. The highest BCUT2D eigenvalue weighted by molar-refractivity contribution is 7.71. The summed E-state index contributed by atoms with van der Waals surface area (Å²) < 4.78 is 28.3. The van der Waals surface area contributed by atoms with Crippen LogP contribution in [0.15, 0.2) is 36.4 Å². The molecular weight excluding hydrogens is 422 g/mol. The molecule has 0 fully saturated rings. The second kappa shape index (κ2) is 9.98. The Morgan fingerprint density at radius 1 is 1.00 bits per heavy atom. The second-order valence-corrected chi connectivity index (χ2v) is 6.65. The summed E-state index contributed by atoms with van der Waals surface area (Å²) in [5, 5.41) is 3.11. The van der Waals surface area contributed by atoms with Crippen molar-refractivity contribution in [3.63, 3.8) is 0 Å². The Balaban J connectivity index is 1.67. The van der Waals surface area contributed by atoms with Gasteiger partial charge in [0.25, 0.3) is 0 Å². The zero-order valence-electron chi connectivity index (χ0n) is 17.6. The summed E-state index contributed by atoms with van der Waals surface area (Å²) in [4.78, 5) is 16.8. The molecule has 9 nitrogen and oxygen atoms in total. The molecule has 1 N–H and O–H groups in total. The van der Waals surface area contributed by atoms with Crippen molar-refractivity contribution in [2.75, 3.05) is 35.0 Å². The Labute approximate surface area is 184 Å². The van der Waals surface area contributed by atoms with E-state index in [2.05, 4.69) is 10.1 Å². The summed E-state index contributed by atoms with van der Waals surface area (Å²) in [6.07, 6.45) is 0. The molecule has 0 aliphatic carbocycles. The van der Waals surface area contributed by atoms with Crippen molar-refractivity contribution in [1.82, 2.24) is 14.8 Å². The van der Waals surface area contributed by atoms with Crippen LogP contribution in [0.3, 0.4) is 0 Å². The quantitative estimate of drug-likeness (QED) is 0.395. The molecule has 0 amide bonds. The van der Waals surface area contributed by atoms with Gasteiger partial charge in [0.15, 0.2) is 17.3 Å². The summed E-state index contributed by atoms with van der Waals surface area (Å²) in [5.74, 6) is 1.98. The first-order valence-corrected chi connectivity index (χ1v) is 9.70. The first-order chi connectivity index (χ1) is 15.0. The van der Waals surface area contributed by atoms with Crippen LogP contribution in [0.5, 0.6) is 23.0 Å². The van der Waals surface area contributed by atoms with E-state index in [-0.39, 0.29) is 12.2 Å². The largest absolute Gasteiger partial charge is 0.497 e. The number of methoxy groups -OCH3 is 4. The van der Waals surface area contributed by atoms with E-state index in [0.29, 0.717) is 34.4 Å². The van der Waals surface area contributed by atoms with Gasteiger partial charge >= 0.3 is 5.97 Å². The topological polar surface area (TPSA) is 96.8 Å². The second-order valence-electron chi connectivity index (χ2n) is 6.28. The first-order valence-electron chi connectivity index (χ1n) is 9.29. The number of rotatable bonds is 9. The van der Waals surface area contributed by atoms with Gasteiger partial charge in [-0.2, -0.15) is 4.98 Å². The number of nitrogens with zero attached hydrogens (tertiary/aromatic N) is 2. The molecule has 0 saturated heterocycles. The van der Waals surface area contributed by atoms with Crippen LogP contribution in [0.4, 0.5) is 0 Å². The lowest BCUT2D eigenvalue weighted by molar-refractivity contribution is 0.0486. The Hall–Kier alpha value is -3.53. The number of H-pyrrole nitrogens is 1. The van der Waals surface area contributed by atoms with Crippen molar-refractivity contribution in [1.29, 1.82) is 0 Å². The summed E-state index contributed by atoms with van der Waals surface area (Å²) in [7, 11) is 6.06. The molecular formula is C21H23N3O6S. The Bertz CT molecular complexity index is 1080. The molecule has 10 heteroatoms. The predicted molar refractivity (Wildman–Crippen MR) is 116 cm³/mol. The SMILES string of the molecule is COc1ccc(-c2nc(=S)n(CCOC(=O)c3cc(OC)c(OC)c(OC)c3)[nH]2)cc1. The van der Waals surface area contributed by atoms with Gasteiger partial charge in [-0.25, -0.2) is 4.79 Å². The number of aromatic nitrogens is 3. The molecule has 1 aromatic heterocycles. The van der Waals surface area contributed by atoms with Crippen molar-refractivity contribution in [2.24, 2.45) is 0 Å². The van der Waals surface area contributed by atoms with E-state index in [9.17, 15) is 4.79 Å². The van der Waals surface area contributed by atoms with E-state index in [0.717, 1.165) is 11.3 Å². The lowest BCUT2D eigenvalue weighted by atomic mass is 10.2. The number of benzene rings is 2. The van der Waals surface area contributed by atoms with Gasteiger partial charge < -0.3 is 23.7 Å². The number of carbonyl (C=O) groups is 1. The molecule has 0 aliphatic heterocycles. The molecule has 0 unspecified atom stereocenters. The van der Waals surface area contributed by atoms with Crippen molar-refractivity contribution < 1.29 is 28.5 Å². The van der Waals surface area contributed by atoms with Gasteiger partial charge in [0, 0.05) is 5.56 Å². The van der Waals surface area contributed by atoms with Gasteiger partial charge in [-0.3, -0.25) is 9.78 Å². The maximum absolute atomic E-state index is 12.5. The molecule has 0 radical (unpaired) electrons. The highest BCUT2D eigenvalue weighted by Crippen LogP contribution is 2.38. The van der Waals surface area contributed by atoms with Crippen LogP contribution in [0.1, 0.15) is 10.4 Å². The van der Waals surface area contributed by atoms with Crippen LogP contribution in [0, 0.1) is 4.77 Å². The Morgan fingerprint density at radius 3 is 2.19 bits per heavy atom. The van der Waals surface area contributed by atoms with Crippen molar-refractivity contribution in [3.05, 3.63) is 46.7 Å². The third-order valence-electron chi connectivity index (χ3n) is 4.49. The van der Waals surface area contributed by atoms with E-state index >= 15 is 0 Å².